The normalized spacial score (nSPS) is 33.4. The Labute approximate surface area is 214 Å². The second-order valence-electron chi connectivity index (χ2n) is 10.8. The number of carbonyl (C=O) groups excluding carboxylic acids is 3. The molecule has 8 nitrogen and oxygen atoms in total. The summed E-state index contributed by atoms with van der Waals surface area (Å²) >= 11 is 0. The number of rotatable bonds is 12. The standard InChI is InChI=1S/C28H42N2O6/c1-4-7-11-19-35-26(34)22-21-24(32)30(17-18-31)23(28(21)15-14-27(22,6-3)36-28)25(33)29(16-5-2)20-12-9-8-10-13-20/h4-5,20-23,31H,1-2,6-19H2,3H3/t21-,22-,23?,27+,28?/m0/s1. The Kier molecular flexibility index (Phi) is 8.25. The van der Waals surface area contributed by atoms with E-state index < -0.39 is 35.0 Å². The summed E-state index contributed by atoms with van der Waals surface area (Å²) in [4.78, 5) is 45.0. The minimum Gasteiger partial charge on any atom is -0.465 e. The van der Waals surface area contributed by atoms with E-state index in [1.54, 1.807) is 12.2 Å². The van der Waals surface area contributed by atoms with Crippen LogP contribution in [0.4, 0.5) is 0 Å². The van der Waals surface area contributed by atoms with Crippen LogP contribution >= 0.6 is 0 Å². The first kappa shape index (κ1) is 26.9. The molecule has 0 aromatic carbocycles. The summed E-state index contributed by atoms with van der Waals surface area (Å²) in [7, 11) is 0. The van der Waals surface area contributed by atoms with Crippen LogP contribution in [0.2, 0.25) is 0 Å². The molecule has 4 fully saturated rings. The lowest BCUT2D eigenvalue weighted by atomic mass is 9.65. The van der Waals surface area contributed by atoms with Gasteiger partial charge in [-0.1, -0.05) is 38.3 Å². The molecule has 36 heavy (non-hydrogen) atoms. The Hall–Kier alpha value is -2.19. The highest BCUT2D eigenvalue weighted by Gasteiger charge is 2.79. The maximum absolute atomic E-state index is 14.3. The van der Waals surface area contributed by atoms with Gasteiger partial charge in [0.15, 0.2) is 0 Å². The van der Waals surface area contributed by atoms with Gasteiger partial charge in [0.1, 0.15) is 17.6 Å². The minimum atomic E-state index is -1.09. The maximum atomic E-state index is 14.3. The summed E-state index contributed by atoms with van der Waals surface area (Å²) in [5.74, 6) is -2.40. The van der Waals surface area contributed by atoms with Gasteiger partial charge in [-0.2, -0.15) is 0 Å². The highest BCUT2D eigenvalue weighted by molar-refractivity contribution is 5.98. The fourth-order valence-corrected chi connectivity index (χ4v) is 7.30. The Morgan fingerprint density at radius 2 is 1.97 bits per heavy atom. The summed E-state index contributed by atoms with van der Waals surface area (Å²) in [6, 6.07) is -0.772. The number of aliphatic hydroxyl groups excluding tert-OH is 1. The van der Waals surface area contributed by atoms with Crippen molar-refractivity contribution in [2.45, 2.75) is 94.4 Å². The SMILES string of the molecule is C=CCCCOC(=O)[C@@H]1[C@H]2C(=O)N(CCO)C(C(=O)N(CC=C)C3CCCCC3)C23CC[C@@]1(CC)O3. The van der Waals surface area contributed by atoms with Crippen LogP contribution in [0.5, 0.6) is 0 Å². The van der Waals surface area contributed by atoms with Crippen LogP contribution in [0.25, 0.3) is 0 Å². The molecule has 1 spiro atoms. The number of esters is 1. The van der Waals surface area contributed by atoms with Crippen LogP contribution in [0.15, 0.2) is 25.3 Å². The summed E-state index contributed by atoms with van der Waals surface area (Å²) in [5, 5.41) is 9.83. The Balaban J connectivity index is 1.69. The smallest absolute Gasteiger partial charge is 0.312 e. The molecule has 1 aliphatic carbocycles. The molecule has 3 aliphatic heterocycles. The molecule has 2 amide bonds. The molecular formula is C28H42N2O6. The fraction of sp³-hybridized carbons (Fsp3) is 0.750. The van der Waals surface area contributed by atoms with Gasteiger partial charge in [-0.05, 0) is 44.9 Å². The van der Waals surface area contributed by atoms with Crippen LogP contribution in [0.1, 0.15) is 71.1 Å². The lowest BCUT2D eigenvalue weighted by molar-refractivity contribution is -0.162. The van der Waals surface area contributed by atoms with Crippen molar-refractivity contribution >= 4 is 17.8 Å². The van der Waals surface area contributed by atoms with Crippen molar-refractivity contribution < 1.29 is 29.0 Å². The van der Waals surface area contributed by atoms with Gasteiger partial charge in [-0.25, -0.2) is 0 Å². The molecule has 4 aliphatic rings. The number of ether oxygens (including phenoxy) is 2. The molecule has 3 saturated heterocycles. The number of aliphatic hydroxyl groups is 1. The van der Waals surface area contributed by atoms with Gasteiger partial charge in [0.2, 0.25) is 11.8 Å². The van der Waals surface area contributed by atoms with Crippen LogP contribution in [0.3, 0.4) is 0 Å². The van der Waals surface area contributed by atoms with Gasteiger partial charge in [0, 0.05) is 19.1 Å². The highest BCUT2D eigenvalue weighted by atomic mass is 16.6. The van der Waals surface area contributed by atoms with E-state index in [9.17, 15) is 19.5 Å². The molecule has 2 bridgehead atoms. The molecular weight excluding hydrogens is 460 g/mol. The molecule has 0 aromatic rings. The monoisotopic (exact) mass is 502 g/mol. The third-order valence-electron chi connectivity index (χ3n) is 8.93. The Morgan fingerprint density at radius 1 is 1.22 bits per heavy atom. The fourth-order valence-electron chi connectivity index (χ4n) is 7.30. The van der Waals surface area contributed by atoms with E-state index in [0.717, 1.165) is 38.5 Å². The largest absolute Gasteiger partial charge is 0.465 e. The van der Waals surface area contributed by atoms with E-state index >= 15 is 0 Å². The summed E-state index contributed by atoms with van der Waals surface area (Å²) in [6.07, 6.45) is 11.8. The van der Waals surface area contributed by atoms with E-state index in [1.807, 2.05) is 11.8 Å². The number of fused-ring (bicyclic) bond motifs is 1. The third-order valence-corrected chi connectivity index (χ3v) is 8.93. The molecule has 8 heteroatoms. The van der Waals surface area contributed by atoms with Crippen LogP contribution < -0.4 is 0 Å². The van der Waals surface area contributed by atoms with Gasteiger partial charge in [0.05, 0.1) is 24.7 Å². The minimum absolute atomic E-state index is 0.0314. The Bertz CT molecular complexity index is 870. The number of nitrogens with zero attached hydrogens (tertiary/aromatic N) is 2. The second kappa shape index (κ2) is 11.1. The average Bonchev–Trinajstić information content (AvgIpc) is 3.49. The number of unbranched alkanes of at least 4 members (excludes halogenated alkanes) is 1. The number of amides is 2. The Morgan fingerprint density at radius 3 is 2.61 bits per heavy atom. The van der Waals surface area contributed by atoms with E-state index in [0.29, 0.717) is 32.2 Å². The van der Waals surface area contributed by atoms with E-state index in [2.05, 4.69) is 13.2 Å². The van der Waals surface area contributed by atoms with Gasteiger partial charge >= 0.3 is 5.97 Å². The quantitative estimate of drug-likeness (QED) is 0.250. The summed E-state index contributed by atoms with van der Waals surface area (Å²) in [5.41, 5.74) is -1.90. The maximum Gasteiger partial charge on any atom is 0.312 e. The van der Waals surface area contributed by atoms with Gasteiger partial charge in [-0.15, -0.1) is 13.2 Å². The predicted molar refractivity (Wildman–Crippen MR) is 135 cm³/mol. The first-order valence-electron chi connectivity index (χ1n) is 13.7. The van der Waals surface area contributed by atoms with Crippen molar-refractivity contribution in [3.8, 4) is 0 Å². The molecule has 2 unspecified atom stereocenters. The molecule has 200 valence electrons. The zero-order valence-corrected chi connectivity index (χ0v) is 21.7. The van der Waals surface area contributed by atoms with Crippen LogP contribution in [-0.2, 0) is 23.9 Å². The molecule has 0 aromatic heterocycles. The number of hydrogen-bond acceptors (Lipinski definition) is 6. The first-order chi connectivity index (χ1) is 17.4. The van der Waals surface area contributed by atoms with E-state index in [4.69, 9.17) is 9.47 Å². The number of likely N-dealkylation sites (tertiary alicyclic amines) is 1. The number of allylic oxidation sites excluding steroid dienone is 1. The number of carbonyl (C=O) groups is 3. The van der Waals surface area contributed by atoms with Crippen molar-refractivity contribution in [3.63, 3.8) is 0 Å². The van der Waals surface area contributed by atoms with Crippen molar-refractivity contribution in [2.24, 2.45) is 11.8 Å². The zero-order valence-electron chi connectivity index (χ0n) is 21.7. The second-order valence-corrected chi connectivity index (χ2v) is 10.8. The van der Waals surface area contributed by atoms with Gasteiger partial charge in [-0.3, -0.25) is 14.4 Å². The van der Waals surface area contributed by atoms with Gasteiger partial charge in [0.25, 0.3) is 0 Å². The molecule has 1 N–H and O–H groups in total. The van der Waals surface area contributed by atoms with Crippen molar-refractivity contribution in [2.75, 3.05) is 26.3 Å². The topological polar surface area (TPSA) is 96.4 Å². The predicted octanol–water partition coefficient (Wildman–Crippen LogP) is 2.99. The van der Waals surface area contributed by atoms with E-state index in [1.165, 1.54) is 4.90 Å². The first-order valence-corrected chi connectivity index (χ1v) is 13.7. The molecule has 3 heterocycles. The van der Waals surface area contributed by atoms with Crippen molar-refractivity contribution in [3.05, 3.63) is 25.3 Å². The summed E-state index contributed by atoms with van der Waals surface area (Å²) in [6.45, 7) is 9.97. The van der Waals surface area contributed by atoms with Crippen LogP contribution in [0, 0.1) is 11.8 Å². The van der Waals surface area contributed by atoms with Crippen LogP contribution in [-0.4, -0.2) is 82.3 Å². The van der Waals surface area contributed by atoms with Gasteiger partial charge < -0.3 is 24.4 Å². The molecule has 5 atom stereocenters. The lowest BCUT2D eigenvalue weighted by Gasteiger charge is -2.40. The van der Waals surface area contributed by atoms with Crippen molar-refractivity contribution in [1.82, 2.24) is 9.80 Å². The van der Waals surface area contributed by atoms with Crippen molar-refractivity contribution in [1.29, 1.82) is 0 Å². The molecule has 4 rings (SSSR count). The third kappa shape index (κ3) is 4.30. The average molecular weight is 503 g/mol. The number of hydrogen-bond donors (Lipinski definition) is 1. The lowest BCUT2D eigenvalue weighted by Crippen LogP contribution is -2.58. The summed E-state index contributed by atoms with van der Waals surface area (Å²) < 4.78 is 12.4. The highest BCUT2D eigenvalue weighted by Crippen LogP contribution is 2.64. The zero-order chi connectivity index (χ0) is 25.9. The van der Waals surface area contributed by atoms with E-state index in [-0.39, 0.29) is 37.6 Å². The molecule has 1 saturated carbocycles. The molecule has 0 radical (unpaired) electrons. The number of β-amino-alcohol motifs (C(OH)–C–C–N with tert-alkyl or cyclic N) is 1.